The van der Waals surface area contributed by atoms with E-state index in [0.29, 0.717) is 5.75 Å². The minimum atomic E-state index is -4.02. The Balaban J connectivity index is -0.000000434. The zero-order chi connectivity index (χ0) is 29.2. The normalized spacial score (nSPS) is 9.84. The maximum absolute atomic E-state index is 10.5. The van der Waals surface area contributed by atoms with Crippen molar-refractivity contribution >= 4 is 32.8 Å². The summed E-state index contributed by atoms with van der Waals surface area (Å²) in [6.45, 7) is 9.10. The van der Waals surface area contributed by atoms with E-state index in [1.54, 1.807) is 50.2 Å². The molecule has 0 fully saturated rings. The van der Waals surface area contributed by atoms with Gasteiger partial charge in [-0.1, -0.05) is 53.1 Å². The molecule has 0 aromatic heterocycles. The fraction of sp³-hybridized carbons (Fsp3) is 0.250. The first kappa shape index (κ1) is 40.4. The molecular formula is C24H32O10S3Ti. The Morgan fingerprint density at radius 1 is 0.632 bits per heavy atom. The number of hydrogen-bond acceptors (Lipinski definition) is 9. The molecule has 3 aromatic carbocycles. The van der Waals surface area contributed by atoms with Gasteiger partial charge in [-0.25, -0.2) is 5.26 Å². The van der Waals surface area contributed by atoms with Crippen molar-refractivity contribution in [2.45, 2.75) is 50.5 Å². The van der Waals surface area contributed by atoms with E-state index in [1.165, 1.54) is 24.3 Å². The van der Waals surface area contributed by atoms with E-state index in [0.717, 1.165) is 16.7 Å². The number of aliphatic hydroxyl groups excluding tert-OH is 1. The van der Waals surface area contributed by atoms with Gasteiger partial charge in [0.05, 0.1) is 9.79 Å². The molecule has 3 rings (SSSR count). The summed E-state index contributed by atoms with van der Waals surface area (Å²) in [5.74, 6) is 0.473. The summed E-state index contributed by atoms with van der Waals surface area (Å²) in [4.78, 5) is 3.84. The van der Waals surface area contributed by atoms with E-state index in [4.69, 9.17) is 23.7 Å². The van der Waals surface area contributed by atoms with E-state index in [9.17, 15) is 16.8 Å². The molecule has 0 aliphatic carbocycles. The minimum Gasteiger partial charge on any atom is -0.394 e. The first-order valence-electron chi connectivity index (χ1n) is 10.4. The summed E-state index contributed by atoms with van der Waals surface area (Å²) in [5, 5.41) is 16.2. The van der Waals surface area contributed by atoms with Crippen LogP contribution in [0, 0.1) is 20.8 Å². The van der Waals surface area contributed by atoms with Gasteiger partial charge >= 0.3 is 0 Å². The van der Waals surface area contributed by atoms with Crippen molar-refractivity contribution in [3.8, 4) is 5.75 Å². The van der Waals surface area contributed by atoms with Crippen molar-refractivity contribution in [3.05, 3.63) is 89.5 Å². The summed E-state index contributed by atoms with van der Waals surface area (Å²) in [6, 6.07) is 19.1. The molecule has 0 saturated carbocycles. The largest absolute Gasteiger partial charge is 0.394 e. The van der Waals surface area contributed by atoms with Crippen LogP contribution < -0.4 is 4.89 Å². The van der Waals surface area contributed by atoms with E-state index in [-0.39, 0.29) is 37.6 Å². The third-order valence-corrected chi connectivity index (χ3v) is 5.50. The molecule has 0 radical (unpaired) electrons. The zero-order valence-corrected chi connectivity index (χ0v) is 25.5. The predicted octanol–water partition coefficient (Wildman–Crippen LogP) is 4.38. The van der Waals surface area contributed by atoms with Crippen LogP contribution >= 0.6 is 0 Å². The van der Waals surface area contributed by atoms with Crippen molar-refractivity contribution < 1.29 is 67.1 Å². The second-order valence-corrected chi connectivity index (χ2v) is 10.4. The Kier molecular flexibility index (Phi) is 22.2. The average molecular weight is 625 g/mol. The van der Waals surface area contributed by atoms with Crippen LogP contribution in [-0.4, -0.2) is 46.6 Å². The molecule has 0 spiro atoms. The van der Waals surface area contributed by atoms with E-state index in [1.807, 2.05) is 32.9 Å². The second-order valence-electron chi connectivity index (χ2n) is 7.57. The molecule has 210 valence electrons. The smallest absolute Gasteiger partial charge is 0.294 e. The fourth-order valence-corrected chi connectivity index (χ4v) is 2.98. The summed E-state index contributed by atoms with van der Waals surface area (Å²) in [7, 11) is -8.04. The van der Waals surface area contributed by atoms with Crippen LogP contribution in [0.15, 0.2) is 82.6 Å². The van der Waals surface area contributed by atoms with Gasteiger partial charge in [-0.2, -0.15) is 21.0 Å². The van der Waals surface area contributed by atoms with Crippen molar-refractivity contribution in [3.63, 3.8) is 0 Å². The molecule has 10 nitrogen and oxygen atoms in total. The van der Waals surface area contributed by atoms with Crippen molar-refractivity contribution in [1.82, 2.24) is 0 Å². The van der Waals surface area contributed by atoms with Gasteiger partial charge in [0, 0.05) is 27.8 Å². The van der Waals surface area contributed by atoms with Gasteiger partial charge in [-0.05, 0) is 71.0 Å². The summed E-state index contributed by atoms with van der Waals surface area (Å²) < 4.78 is 66.9. The SMILES string of the molecule is CC(C)O.Cc1ccc(OO)cc1.Cc1ccc(S(=O)(=O)O)cc1.Cc1ccc(S(=O)(=O)O)cc1.O=S.[Ti]. The van der Waals surface area contributed by atoms with Crippen molar-refractivity contribution in [1.29, 1.82) is 0 Å². The predicted molar refractivity (Wildman–Crippen MR) is 142 cm³/mol. The quantitative estimate of drug-likeness (QED) is 0.141. The maximum Gasteiger partial charge on any atom is 0.294 e. The Morgan fingerprint density at radius 2 is 0.842 bits per heavy atom. The van der Waals surface area contributed by atoms with Gasteiger partial charge in [0.1, 0.15) is 0 Å². The summed E-state index contributed by atoms with van der Waals surface area (Å²) >= 11 is 2.83. The number of rotatable bonds is 3. The molecule has 0 amide bonds. The molecule has 0 heterocycles. The maximum atomic E-state index is 10.5. The van der Waals surface area contributed by atoms with Gasteiger partial charge in [-0.3, -0.25) is 9.11 Å². The monoisotopic (exact) mass is 624 g/mol. The number of hydrogen-bond donors (Lipinski definition) is 4. The van der Waals surface area contributed by atoms with Crippen LogP contribution in [0.2, 0.25) is 0 Å². The molecule has 0 saturated heterocycles. The van der Waals surface area contributed by atoms with E-state index >= 15 is 0 Å². The molecular weight excluding hydrogens is 592 g/mol. The third kappa shape index (κ3) is 20.9. The van der Waals surface area contributed by atoms with Gasteiger partial charge in [0.25, 0.3) is 20.2 Å². The first-order chi connectivity index (χ1) is 17.1. The van der Waals surface area contributed by atoms with E-state index in [2.05, 4.69) is 17.4 Å². The molecule has 0 atom stereocenters. The Hall–Kier alpha value is -2.07. The molecule has 38 heavy (non-hydrogen) atoms. The topological polar surface area (TPSA) is 175 Å². The Morgan fingerprint density at radius 3 is 1.03 bits per heavy atom. The first-order valence-corrected chi connectivity index (χ1v) is 13.6. The van der Waals surface area contributed by atoms with Gasteiger partial charge in [0.2, 0.25) is 0 Å². The van der Waals surface area contributed by atoms with E-state index < -0.39 is 20.2 Å². The zero-order valence-electron chi connectivity index (χ0n) is 21.5. The van der Waals surface area contributed by atoms with Crippen LogP contribution in [0.5, 0.6) is 5.75 Å². The average Bonchev–Trinajstić information content (AvgIpc) is 2.81. The standard InChI is InChI=1S/2C7H8O3S.C7H8O2.C3H8O.OS.Ti/c2*1-6-2-4-7(5-3-6)11(8,9)10;1-6-2-4-7(9-8)5-3-6;1-3(2)4;1-2;/h2*2-5H,1H3,(H,8,9,10);2-5,8H,1H3;3-4H,1-2H3;;. The van der Waals surface area contributed by atoms with Gasteiger partial charge < -0.3 is 9.99 Å². The summed E-state index contributed by atoms with van der Waals surface area (Å²) in [6.07, 6.45) is -0.167. The van der Waals surface area contributed by atoms with Crippen LogP contribution in [-0.2, 0) is 54.5 Å². The van der Waals surface area contributed by atoms with Gasteiger partial charge in [-0.15, -0.1) is 0 Å². The summed E-state index contributed by atoms with van der Waals surface area (Å²) in [5.41, 5.74) is 3.06. The van der Waals surface area contributed by atoms with Crippen LogP contribution in [0.3, 0.4) is 0 Å². The van der Waals surface area contributed by atoms with Crippen LogP contribution in [0.4, 0.5) is 0 Å². The minimum absolute atomic E-state index is 0. The Bertz CT molecular complexity index is 1150. The number of aliphatic hydroxyl groups is 1. The molecule has 14 heteroatoms. The van der Waals surface area contributed by atoms with Crippen molar-refractivity contribution in [2.75, 3.05) is 0 Å². The molecule has 0 aliphatic rings. The van der Waals surface area contributed by atoms with Crippen LogP contribution in [0.25, 0.3) is 0 Å². The molecule has 0 unspecified atom stereocenters. The molecule has 0 bridgehead atoms. The second kappa shape index (κ2) is 20.8. The molecule has 4 N–H and O–H groups in total. The Labute approximate surface area is 244 Å². The van der Waals surface area contributed by atoms with Crippen molar-refractivity contribution in [2.24, 2.45) is 0 Å². The fourth-order valence-electron chi connectivity index (χ4n) is 2.02. The third-order valence-electron chi connectivity index (χ3n) is 3.76. The van der Waals surface area contributed by atoms with Gasteiger partial charge in [0.15, 0.2) is 18.3 Å². The number of aryl methyl sites for hydroxylation is 3. The number of benzene rings is 3. The molecule has 0 aliphatic heterocycles. The van der Waals surface area contributed by atoms with Crippen LogP contribution in [0.1, 0.15) is 30.5 Å². The molecule has 3 aromatic rings.